The first-order valence-electron chi connectivity index (χ1n) is 6.88. The van der Waals surface area contributed by atoms with Crippen LogP contribution in [0.4, 0.5) is 0 Å². The number of aldehydes is 1. The normalized spacial score (nSPS) is 20.5. The van der Waals surface area contributed by atoms with Gasteiger partial charge in [-0.05, 0) is 45.4 Å². The molecule has 0 bridgehead atoms. The highest BCUT2D eigenvalue weighted by molar-refractivity contribution is 5.75. The fraction of sp³-hybridized carbons (Fsp3) is 0.467. The minimum absolute atomic E-state index is 0.365. The Morgan fingerprint density at radius 3 is 3.00 bits per heavy atom. The molecule has 4 heteroatoms. The minimum atomic E-state index is 0.365. The van der Waals surface area contributed by atoms with Crippen LogP contribution in [-0.4, -0.2) is 33.2 Å². The van der Waals surface area contributed by atoms with Crippen molar-refractivity contribution in [3.63, 3.8) is 0 Å². The van der Waals surface area contributed by atoms with Crippen molar-refractivity contribution < 1.29 is 4.79 Å². The van der Waals surface area contributed by atoms with E-state index in [4.69, 9.17) is 0 Å². The van der Waals surface area contributed by atoms with Crippen molar-refractivity contribution in [2.75, 3.05) is 6.54 Å². The lowest BCUT2D eigenvalue weighted by Crippen LogP contribution is -2.31. The van der Waals surface area contributed by atoms with Gasteiger partial charge in [0.15, 0.2) is 6.29 Å². The number of carbonyl (C=O) groups is 1. The van der Waals surface area contributed by atoms with Crippen LogP contribution in [0.2, 0.25) is 0 Å². The Morgan fingerprint density at radius 1 is 1.42 bits per heavy atom. The molecule has 0 aliphatic carbocycles. The van der Waals surface area contributed by atoms with E-state index in [9.17, 15) is 4.79 Å². The molecule has 1 saturated heterocycles. The van der Waals surface area contributed by atoms with Crippen molar-refractivity contribution in [1.29, 1.82) is 0 Å². The Hall–Kier alpha value is -1.68. The molecule has 1 unspecified atom stereocenters. The molecule has 2 aromatic rings. The van der Waals surface area contributed by atoms with E-state index >= 15 is 0 Å². The number of rotatable bonds is 3. The van der Waals surface area contributed by atoms with Crippen LogP contribution >= 0.6 is 0 Å². The van der Waals surface area contributed by atoms with Gasteiger partial charge in [0.1, 0.15) is 5.82 Å². The summed E-state index contributed by atoms with van der Waals surface area (Å²) in [7, 11) is 0. The summed E-state index contributed by atoms with van der Waals surface area (Å²) in [6, 6.07) is 4.68. The molecule has 0 saturated carbocycles. The number of imidazole rings is 1. The third-order valence-electron chi connectivity index (χ3n) is 3.97. The molecule has 4 nitrogen and oxygen atoms in total. The summed E-state index contributed by atoms with van der Waals surface area (Å²) in [6.07, 6.45) is 7.02. The van der Waals surface area contributed by atoms with Gasteiger partial charge in [-0.15, -0.1) is 0 Å². The molecule has 1 aliphatic heterocycles. The predicted molar refractivity (Wildman–Crippen MR) is 74.4 cm³/mol. The lowest BCUT2D eigenvalue weighted by atomic mass is 10.2. The van der Waals surface area contributed by atoms with Crippen LogP contribution in [0.15, 0.2) is 24.5 Å². The molecule has 0 amide bonds. The number of carbonyl (C=O) groups excluding carboxylic acids is 1. The quantitative estimate of drug-likeness (QED) is 0.793. The van der Waals surface area contributed by atoms with Crippen LogP contribution in [0.25, 0.3) is 5.52 Å². The smallest absolute Gasteiger partial charge is 0.151 e. The monoisotopic (exact) mass is 257 g/mol. The zero-order chi connectivity index (χ0) is 13.4. The van der Waals surface area contributed by atoms with Crippen molar-refractivity contribution in [3.8, 4) is 0 Å². The number of nitrogens with zero attached hydrogens (tertiary/aromatic N) is 3. The van der Waals surface area contributed by atoms with Gasteiger partial charge in [0.05, 0.1) is 17.8 Å². The van der Waals surface area contributed by atoms with E-state index in [-0.39, 0.29) is 0 Å². The maximum Gasteiger partial charge on any atom is 0.151 e. The molecule has 3 heterocycles. The van der Waals surface area contributed by atoms with Crippen LogP contribution in [0.5, 0.6) is 0 Å². The maximum absolute atomic E-state index is 10.9. The lowest BCUT2D eigenvalue weighted by molar-refractivity contribution is 0.112. The van der Waals surface area contributed by atoms with Gasteiger partial charge in [0.2, 0.25) is 0 Å². The molecule has 1 atom stereocenters. The summed E-state index contributed by atoms with van der Waals surface area (Å²) in [4.78, 5) is 18.0. The fourth-order valence-corrected chi connectivity index (χ4v) is 3.03. The van der Waals surface area contributed by atoms with Crippen LogP contribution in [0.1, 0.15) is 48.9 Å². The number of aromatic nitrogens is 2. The molecule has 0 radical (unpaired) electrons. The van der Waals surface area contributed by atoms with Crippen LogP contribution in [-0.2, 0) is 0 Å². The third-order valence-corrected chi connectivity index (χ3v) is 3.97. The van der Waals surface area contributed by atoms with Gasteiger partial charge < -0.3 is 4.40 Å². The Morgan fingerprint density at radius 2 is 2.26 bits per heavy atom. The Bertz CT molecular complexity index is 602. The predicted octanol–water partition coefficient (Wildman–Crippen LogP) is 2.69. The summed E-state index contributed by atoms with van der Waals surface area (Å²) in [5.41, 5.74) is 1.75. The van der Waals surface area contributed by atoms with Gasteiger partial charge in [-0.25, -0.2) is 4.98 Å². The van der Waals surface area contributed by atoms with E-state index in [1.54, 1.807) is 0 Å². The van der Waals surface area contributed by atoms with Gasteiger partial charge in [-0.3, -0.25) is 9.69 Å². The number of fused-ring (bicyclic) bond motifs is 1. The van der Waals surface area contributed by atoms with Gasteiger partial charge in [0, 0.05) is 17.8 Å². The Balaban J connectivity index is 2.06. The highest BCUT2D eigenvalue weighted by atomic mass is 16.1. The minimum Gasteiger partial charge on any atom is -0.302 e. The first-order chi connectivity index (χ1) is 9.20. The average molecular weight is 257 g/mol. The average Bonchev–Trinajstić information content (AvgIpc) is 3.03. The Kier molecular flexibility index (Phi) is 3.11. The summed E-state index contributed by atoms with van der Waals surface area (Å²) < 4.78 is 2.06. The van der Waals surface area contributed by atoms with Crippen LogP contribution in [0, 0.1) is 0 Å². The molecule has 0 aromatic carbocycles. The second-order valence-electron chi connectivity index (χ2n) is 5.48. The zero-order valence-electron chi connectivity index (χ0n) is 11.4. The van der Waals surface area contributed by atoms with E-state index in [0.29, 0.717) is 17.6 Å². The number of likely N-dealkylation sites (tertiary alicyclic amines) is 1. The van der Waals surface area contributed by atoms with E-state index in [2.05, 4.69) is 28.1 Å². The molecular weight excluding hydrogens is 238 g/mol. The molecule has 2 aromatic heterocycles. The van der Waals surface area contributed by atoms with Crippen molar-refractivity contribution in [2.24, 2.45) is 0 Å². The summed E-state index contributed by atoms with van der Waals surface area (Å²) >= 11 is 0. The number of hydrogen-bond acceptors (Lipinski definition) is 3. The van der Waals surface area contributed by atoms with E-state index in [1.807, 2.05) is 24.5 Å². The summed E-state index contributed by atoms with van der Waals surface area (Å²) in [6.45, 7) is 5.58. The molecule has 1 fully saturated rings. The molecule has 0 N–H and O–H groups in total. The van der Waals surface area contributed by atoms with Gasteiger partial charge in [-0.1, -0.05) is 0 Å². The maximum atomic E-state index is 10.9. The largest absolute Gasteiger partial charge is 0.302 e. The Labute approximate surface area is 113 Å². The third kappa shape index (κ3) is 2.06. The molecule has 19 heavy (non-hydrogen) atoms. The zero-order valence-corrected chi connectivity index (χ0v) is 11.4. The topological polar surface area (TPSA) is 37.6 Å². The first-order valence-corrected chi connectivity index (χ1v) is 6.88. The van der Waals surface area contributed by atoms with E-state index in [0.717, 1.165) is 30.6 Å². The number of pyridine rings is 1. The fourth-order valence-electron chi connectivity index (χ4n) is 3.03. The van der Waals surface area contributed by atoms with Gasteiger partial charge >= 0.3 is 0 Å². The van der Waals surface area contributed by atoms with Crippen molar-refractivity contribution in [1.82, 2.24) is 14.3 Å². The number of hydrogen-bond donors (Lipinski definition) is 0. The van der Waals surface area contributed by atoms with E-state index < -0.39 is 0 Å². The highest BCUT2D eigenvalue weighted by Crippen LogP contribution is 2.33. The van der Waals surface area contributed by atoms with Crippen LogP contribution < -0.4 is 0 Å². The molecule has 0 spiro atoms. The van der Waals surface area contributed by atoms with Crippen molar-refractivity contribution >= 4 is 11.8 Å². The molecule has 3 rings (SSSR count). The highest BCUT2D eigenvalue weighted by Gasteiger charge is 2.30. The second-order valence-corrected chi connectivity index (χ2v) is 5.48. The van der Waals surface area contributed by atoms with Crippen LogP contribution in [0.3, 0.4) is 0 Å². The first kappa shape index (κ1) is 12.4. The van der Waals surface area contributed by atoms with E-state index in [1.165, 1.54) is 6.42 Å². The SMILES string of the molecule is CC(C)N1CCCC1c1ncc2ccc(C=O)cn12. The second kappa shape index (κ2) is 4.78. The molecular formula is C15H19N3O. The molecule has 100 valence electrons. The summed E-state index contributed by atoms with van der Waals surface area (Å²) in [5, 5.41) is 0. The molecule has 1 aliphatic rings. The van der Waals surface area contributed by atoms with Crippen molar-refractivity contribution in [3.05, 3.63) is 35.9 Å². The van der Waals surface area contributed by atoms with Gasteiger partial charge in [-0.2, -0.15) is 0 Å². The summed E-state index contributed by atoms with van der Waals surface area (Å²) in [5.74, 6) is 1.06. The van der Waals surface area contributed by atoms with Gasteiger partial charge in [0.25, 0.3) is 0 Å². The lowest BCUT2D eigenvalue weighted by Gasteiger charge is -2.27. The van der Waals surface area contributed by atoms with Crippen molar-refractivity contribution in [2.45, 2.75) is 38.8 Å². The standard InChI is InChI=1S/C15H19N3O/c1-11(2)17-7-3-4-14(17)15-16-8-13-6-5-12(10-19)9-18(13)15/h5-6,8-11,14H,3-4,7H2,1-2H3.